The summed E-state index contributed by atoms with van der Waals surface area (Å²) in [4.78, 5) is 29.1. The number of hydrogen-bond donors (Lipinski definition) is 1. The number of hydrogen-bond acceptors (Lipinski definition) is 4. The number of nitrogens with zero attached hydrogens (tertiary/aromatic N) is 1. The van der Waals surface area contributed by atoms with Gasteiger partial charge in [-0.05, 0) is 35.9 Å². The number of benzene rings is 3. The van der Waals surface area contributed by atoms with Crippen LogP contribution < -0.4 is 15.0 Å². The van der Waals surface area contributed by atoms with Crippen LogP contribution in [0.5, 0.6) is 5.75 Å². The number of thioether (sulfide) groups is 1. The first kappa shape index (κ1) is 22.9. The van der Waals surface area contributed by atoms with Gasteiger partial charge >= 0.3 is 0 Å². The first-order valence-electron chi connectivity index (χ1n) is 10.7. The lowest BCUT2D eigenvalue weighted by molar-refractivity contribution is -0.128. The van der Waals surface area contributed by atoms with E-state index in [-0.39, 0.29) is 17.6 Å². The maximum atomic E-state index is 13.5. The summed E-state index contributed by atoms with van der Waals surface area (Å²) in [5, 5.41) is 2.37. The summed E-state index contributed by atoms with van der Waals surface area (Å²) in [6.45, 7) is 2.40. The van der Waals surface area contributed by atoms with Crippen molar-refractivity contribution in [1.82, 2.24) is 5.32 Å². The summed E-state index contributed by atoms with van der Waals surface area (Å²) in [6.07, 6.45) is 0. The minimum Gasteiger partial charge on any atom is -0.496 e. The van der Waals surface area contributed by atoms with E-state index in [4.69, 9.17) is 4.74 Å². The van der Waals surface area contributed by atoms with E-state index in [0.29, 0.717) is 18.8 Å². The third-order valence-corrected chi connectivity index (χ3v) is 7.15. The number of anilines is 1. The molecule has 2 amide bonds. The SMILES string of the molecule is COc1ccccc1CNC(=O)C(C)C1Sc2ccccc2N(Cc2ccc(F)cc2)C1=O. The number of nitrogens with one attached hydrogen (secondary N) is 1. The Morgan fingerprint density at radius 3 is 2.55 bits per heavy atom. The van der Waals surface area contributed by atoms with Gasteiger partial charge < -0.3 is 15.0 Å². The maximum Gasteiger partial charge on any atom is 0.241 e. The average Bonchev–Trinajstić information content (AvgIpc) is 2.85. The monoisotopic (exact) mass is 464 g/mol. The first-order chi connectivity index (χ1) is 16.0. The van der Waals surface area contributed by atoms with Crippen molar-refractivity contribution in [2.24, 2.45) is 5.92 Å². The normalized spacial score (nSPS) is 16.2. The Morgan fingerprint density at radius 1 is 1.09 bits per heavy atom. The number of amides is 2. The number of methoxy groups -OCH3 is 1. The van der Waals surface area contributed by atoms with Crippen LogP contribution in [0.2, 0.25) is 0 Å². The predicted molar refractivity (Wildman–Crippen MR) is 128 cm³/mol. The first-order valence-corrected chi connectivity index (χ1v) is 11.6. The molecule has 7 heteroatoms. The van der Waals surface area contributed by atoms with E-state index in [1.165, 1.54) is 23.9 Å². The van der Waals surface area contributed by atoms with Crippen LogP contribution in [-0.4, -0.2) is 24.2 Å². The molecule has 2 atom stereocenters. The van der Waals surface area contributed by atoms with Gasteiger partial charge in [0, 0.05) is 17.0 Å². The highest BCUT2D eigenvalue weighted by Gasteiger charge is 2.39. The van der Waals surface area contributed by atoms with Crippen molar-refractivity contribution in [2.45, 2.75) is 30.2 Å². The summed E-state index contributed by atoms with van der Waals surface area (Å²) in [7, 11) is 1.59. The molecule has 0 radical (unpaired) electrons. The zero-order valence-electron chi connectivity index (χ0n) is 18.5. The van der Waals surface area contributed by atoms with Crippen LogP contribution in [-0.2, 0) is 22.7 Å². The van der Waals surface area contributed by atoms with Crippen molar-refractivity contribution in [3.05, 3.63) is 89.7 Å². The van der Waals surface area contributed by atoms with Crippen LogP contribution in [0.3, 0.4) is 0 Å². The Hall–Kier alpha value is -3.32. The topological polar surface area (TPSA) is 58.6 Å². The maximum absolute atomic E-state index is 13.5. The van der Waals surface area contributed by atoms with Crippen molar-refractivity contribution < 1.29 is 18.7 Å². The lowest BCUT2D eigenvalue weighted by Crippen LogP contribution is -2.47. The minimum atomic E-state index is -0.571. The standard InChI is InChI=1S/C26H25FN2O3S/c1-17(25(30)28-15-19-7-3-5-9-22(19)32-2)24-26(31)29(16-18-11-13-20(27)14-12-18)21-8-4-6-10-23(21)33-24/h3-14,17,24H,15-16H2,1-2H3,(H,28,30). The molecule has 0 aliphatic carbocycles. The highest BCUT2D eigenvalue weighted by molar-refractivity contribution is 8.01. The van der Waals surface area contributed by atoms with Gasteiger partial charge in [-0.1, -0.05) is 49.4 Å². The van der Waals surface area contributed by atoms with Crippen LogP contribution in [0.15, 0.2) is 77.7 Å². The molecule has 1 aliphatic heterocycles. The van der Waals surface area contributed by atoms with E-state index in [2.05, 4.69) is 5.32 Å². The average molecular weight is 465 g/mol. The van der Waals surface area contributed by atoms with Gasteiger partial charge in [-0.2, -0.15) is 0 Å². The molecule has 0 spiro atoms. The zero-order valence-corrected chi connectivity index (χ0v) is 19.3. The summed E-state index contributed by atoms with van der Waals surface area (Å²) in [5.41, 5.74) is 2.49. The number of halogens is 1. The number of rotatable bonds is 7. The Labute approximate surface area is 196 Å². The molecule has 4 rings (SSSR count). The lowest BCUT2D eigenvalue weighted by atomic mass is 10.0. The summed E-state index contributed by atoms with van der Waals surface area (Å²) in [6, 6.07) is 21.3. The molecule has 3 aromatic rings. The van der Waals surface area contributed by atoms with Gasteiger partial charge in [0.05, 0.1) is 25.3 Å². The van der Waals surface area contributed by atoms with E-state index in [9.17, 15) is 14.0 Å². The smallest absolute Gasteiger partial charge is 0.241 e. The minimum absolute atomic E-state index is 0.136. The summed E-state index contributed by atoms with van der Waals surface area (Å²) < 4.78 is 18.7. The third-order valence-electron chi connectivity index (χ3n) is 5.69. The van der Waals surface area contributed by atoms with Gasteiger partial charge in [-0.15, -0.1) is 11.8 Å². The Balaban J connectivity index is 1.52. The van der Waals surface area contributed by atoms with Gasteiger partial charge in [-0.25, -0.2) is 4.39 Å². The van der Waals surface area contributed by atoms with E-state index in [1.54, 1.807) is 31.1 Å². The molecule has 5 nitrogen and oxygen atoms in total. The fraction of sp³-hybridized carbons (Fsp3) is 0.231. The molecule has 2 unspecified atom stereocenters. The molecular formula is C26H25FN2O3S. The van der Waals surface area contributed by atoms with Gasteiger partial charge in [0.25, 0.3) is 0 Å². The van der Waals surface area contributed by atoms with E-state index >= 15 is 0 Å². The predicted octanol–water partition coefficient (Wildman–Crippen LogP) is 4.79. The quantitative estimate of drug-likeness (QED) is 0.546. The number of fused-ring (bicyclic) bond motifs is 1. The van der Waals surface area contributed by atoms with Crippen molar-refractivity contribution in [3.8, 4) is 5.75 Å². The second-order valence-electron chi connectivity index (χ2n) is 7.88. The highest BCUT2D eigenvalue weighted by atomic mass is 32.2. The van der Waals surface area contributed by atoms with Crippen molar-refractivity contribution >= 4 is 29.3 Å². The van der Waals surface area contributed by atoms with E-state index in [0.717, 1.165) is 21.7 Å². The molecule has 1 aliphatic rings. The molecule has 1 N–H and O–H groups in total. The third kappa shape index (κ3) is 5.03. The van der Waals surface area contributed by atoms with Crippen LogP contribution >= 0.6 is 11.8 Å². The molecule has 33 heavy (non-hydrogen) atoms. The molecular weight excluding hydrogens is 439 g/mol. The fourth-order valence-corrected chi connectivity index (χ4v) is 5.11. The number of ether oxygens (including phenoxy) is 1. The van der Waals surface area contributed by atoms with E-state index < -0.39 is 11.2 Å². The summed E-state index contributed by atoms with van der Waals surface area (Å²) in [5.74, 6) is -0.511. The number of carbonyl (C=O) groups excluding carboxylic acids is 2. The summed E-state index contributed by atoms with van der Waals surface area (Å²) >= 11 is 1.41. The van der Waals surface area contributed by atoms with Gasteiger partial charge in [0.15, 0.2) is 0 Å². The molecule has 0 saturated heterocycles. The van der Waals surface area contributed by atoms with Crippen LogP contribution in [0, 0.1) is 11.7 Å². The van der Waals surface area contributed by atoms with E-state index in [1.807, 2.05) is 48.5 Å². The zero-order chi connectivity index (χ0) is 23.4. The number of carbonyl (C=O) groups is 2. The lowest BCUT2D eigenvalue weighted by Gasteiger charge is -2.35. The second-order valence-corrected chi connectivity index (χ2v) is 9.06. The fourth-order valence-electron chi connectivity index (χ4n) is 3.82. The van der Waals surface area contributed by atoms with Crippen LogP contribution in [0.1, 0.15) is 18.1 Å². The molecule has 3 aromatic carbocycles. The Kier molecular flexibility index (Phi) is 6.99. The van der Waals surface area contributed by atoms with Gasteiger partial charge in [0.1, 0.15) is 16.8 Å². The van der Waals surface area contributed by atoms with Crippen molar-refractivity contribution in [2.75, 3.05) is 12.0 Å². The van der Waals surface area contributed by atoms with Crippen LogP contribution in [0.4, 0.5) is 10.1 Å². The molecule has 1 heterocycles. The highest BCUT2D eigenvalue weighted by Crippen LogP contribution is 2.42. The van der Waals surface area contributed by atoms with Gasteiger partial charge in [0.2, 0.25) is 11.8 Å². The molecule has 0 bridgehead atoms. The number of para-hydroxylation sites is 2. The second kappa shape index (κ2) is 10.1. The molecule has 0 aromatic heterocycles. The van der Waals surface area contributed by atoms with Crippen LogP contribution in [0.25, 0.3) is 0 Å². The molecule has 170 valence electrons. The van der Waals surface area contributed by atoms with Crippen molar-refractivity contribution in [1.29, 1.82) is 0 Å². The van der Waals surface area contributed by atoms with Gasteiger partial charge in [-0.3, -0.25) is 9.59 Å². The molecule has 0 fully saturated rings. The largest absolute Gasteiger partial charge is 0.496 e. The Bertz CT molecular complexity index is 1150. The Morgan fingerprint density at radius 2 is 1.79 bits per heavy atom. The molecule has 0 saturated carbocycles. The van der Waals surface area contributed by atoms with Crippen molar-refractivity contribution in [3.63, 3.8) is 0 Å².